The Morgan fingerprint density at radius 3 is 2.33 bits per heavy atom. The molecule has 1 unspecified atom stereocenters. The molecule has 0 aliphatic rings. The highest BCUT2D eigenvalue weighted by atomic mass is 16.7. The standard InChI is InChI=1S/C9H19NO2/c1-5-7-8(10-6-2)9(11-3)12-4/h5,8-10H,1,6-7H2,2-4H3. The molecule has 12 heavy (non-hydrogen) atoms. The average Bonchev–Trinajstić information content (AvgIpc) is 2.07. The fourth-order valence-corrected chi connectivity index (χ4v) is 1.16. The molecule has 0 bridgehead atoms. The van der Waals surface area contributed by atoms with E-state index in [0.29, 0.717) is 0 Å². The van der Waals surface area contributed by atoms with Crippen molar-refractivity contribution < 1.29 is 9.47 Å². The Morgan fingerprint density at radius 1 is 1.42 bits per heavy atom. The Bertz CT molecular complexity index is 113. The maximum absolute atomic E-state index is 5.13. The van der Waals surface area contributed by atoms with E-state index in [2.05, 4.69) is 18.8 Å². The van der Waals surface area contributed by atoms with Crippen molar-refractivity contribution in [2.24, 2.45) is 0 Å². The minimum absolute atomic E-state index is 0.192. The third kappa shape index (κ3) is 3.85. The van der Waals surface area contributed by atoms with E-state index >= 15 is 0 Å². The van der Waals surface area contributed by atoms with Gasteiger partial charge in [-0.25, -0.2) is 0 Å². The molecule has 0 saturated heterocycles. The number of likely N-dealkylation sites (N-methyl/N-ethyl adjacent to an activating group) is 1. The van der Waals surface area contributed by atoms with Crippen LogP contribution in [0.1, 0.15) is 13.3 Å². The molecule has 0 amide bonds. The molecule has 0 saturated carbocycles. The van der Waals surface area contributed by atoms with Gasteiger partial charge >= 0.3 is 0 Å². The molecule has 3 nitrogen and oxygen atoms in total. The van der Waals surface area contributed by atoms with E-state index < -0.39 is 0 Å². The van der Waals surface area contributed by atoms with E-state index in [9.17, 15) is 0 Å². The highest BCUT2D eigenvalue weighted by Crippen LogP contribution is 2.04. The van der Waals surface area contributed by atoms with Crippen LogP contribution >= 0.6 is 0 Å². The van der Waals surface area contributed by atoms with Crippen LogP contribution in [0.25, 0.3) is 0 Å². The molecule has 1 N–H and O–H groups in total. The molecular weight excluding hydrogens is 154 g/mol. The van der Waals surface area contributed by atoms with E-state index in [1.54, 1.807) is 14.2 Å². The Kier molecular flexibility index (Phi) is 7.05. The van der Waals surface area contributed by atoms with Gasteiger partial charge < -0.3 is 14.8 Å². The zero-order chi connectivity index (χ0) is 9.40. The lowest BCUT2D eigenvalue weighted by Crippen LogP contribution is -2.41. The summed E-state index contributed by atoms with van der Waals surface area (Å²) in [4.78, 5) is 0. The molecule has 0 aliphatic heterocycles. The van der Waals surface area contributed by atoms with Gasteiger partial charge in [-0.2, -0.15) is 0 Å². The van der Waals surface area contributed by atoms with Gasteiger partial charge in [-0.05, 0) is 13.0 Å². The molecule has 0 radical (unpaired) electrons. The summed E-state index contributed by atoms with van der Waals surface area (Å²) in [6.45, 7) is 6.64. The van der Waals surface area contributed by atoms with Gasteiger partial charge in [0, 0.05) is 14.2 Å². The zero-order valence-corrected chi connectivity index (χ0v) is 8.17. The monoisotopic (exact) mass is 173 g/mol. The second-order valence-electron chi connectivity index (χ2n) is 2.53. The number of hydrogen-bond donors (Lipinski definition) is 1. The SMILES string of the molecule is C=CCC(NCC)C(OC)OC. The number of nitrogens with one attached hydrogen (secondary N) is 1. The van der Waals surface area contributed by atoms with Crippen LogP contribution in [0.15, 0.2) is 12.7 Å². The molecule has 0 fully saturated rings. The van der Waals surface area contributed by atoms with Crippen LogP contribution in [0.5, 0.6) is 0 Å². The smallest absolute Gasteiger partial charge is 0.172 e. The normalized spacial score (nSPS) is 13.3. The van der Waals surface area contributed by atoms with Gasteiger partial charge in [0.25, 0.3) is 0 Å². The van der Waals surface area contributed by atoms with E-state index in [4.69, 9.17) is 9.47 Å². The van der Waals surface area contributed by atoms with Crippen LogP contribution in [0.3, 0.4) is 0 Å². The molecule has 0 aliphatic carbocycles. The fraction of sp³-hybridized carbons (Fsp3) is 0.778. The first-order valence-corrected chi connectivity index (χ1v) is 4.20. The molecule has 0 aromatic heterocycles. The van der Waals surface area contributed by atoms with Crippen molar-refractivity contribution in [1.82, 2.24) is 5.32 Å². The first kappa shape index (κ1) is 11.6. The number of rotatable bonds is 7. The van der Waals surface area contributed by atoms with Gasteiger partial charge in [0.15, 0.2) is 6.29 Å². The zero-order valence-electron chi connectivity index (χ0n) is 8.17. The number of methoxy groups -OCH3 is 2. The van der Waals surface area contributed by atoms with Crippen molar-refractivity contribution in [3.8, 4) is 0 Å². The molecule has 0 heterocycles. The lowest BCUT2D eigenvalue weighted by molar-refractivity contribution is -0.121. The number of ether oxygens (including phenoxy) is 2. The summed E-state index contributed by atoms with van der Waals surface area (Å²) in [5.74, 6) is 0. The van der Waals surface area contributed by atoms with Crippen molar-refractivity contribution in [2.45, 2.75) is 25.7 Å². The van der Waals surface area contributed by atoms with E-state index in [1.807, 2.05) is 6.08 Å². The molecule has 3 heteroatoms. The van der Waals surface area contributed by atoms with Crippen molar-refractivity contribution >= 4 is 0 Å². The van der Waals surface area contributed by atoms with Crippen molar-refractivity contribution in [2.75, 3.05) is 20.8 Å². The molecule has 0 aromatic carbocycles. The first-order valence-electron chi connectivity index (χ1n) is 4.20. The second-order valence-corrected chi connectivity index (χ2v) is 2.53. The van der Waals surface area contributed by atoms with Gasteiger partial charge in [-0.3, -0.25) is 0 Å². The maximum atomic E-state index is 5.13. The van der Waals surface area contributed by atoms with Crippen molar-refractivity contribution in [3.63, 3.8) is 0 Å². The minimum Gasteiger partial charge on any atom is -0.354 e. The third-order valence-electron chi connectivity index (χ3n) is 1.68. The summed E-state index contributed by atoms with van der Waals surface area (Å²) >= 11 is 0. The van der Waals surface area contributed by atoms with Crippen LogP contribution in [0.2, 0.25) is 0 Å². The summed E-state index contributed by atoms with van der Waals surface area (Å²) in [7, 11) is 3.28. The van der Waals surface area contributed by atoms with Crippen LogP contribution in [-0.2, 0) is 9.47 Å². The number of hydrogen-bond acceptors (Lipinski definition) is 3. The van der Waals surface area contributed by atoms with Crippen LogP contribution < -0.4 is 5.32 Å². The molecule has 0 aromatic rings. The highest BCUT2D eigenvalue weighted by Gasteiger charge is 2.17. The summed E-state index contributed by atoms with van der Waals surface area (Å²) in [6, 6.07) is 0.197. The summed E-state index contributed by atoms with van der Waals surface area (Å²) < 4.78 is 10.3. The van der Waals surface area contributed by atoms with Crippen LogP contribution in [-0.4, -0.2) is 33.1 Å². The first-order chi connectivity index (χ1) is 5.79. The molecule has 0 spiro atoms. The predicted molar refractivity (Wildman–Crippen MR) is 50.1 cm³/mol. The van der Waals surface area contributed by atoms with Crippen LogP contribution in [0.4, 0.5) is 0 Å². The van der Waals surface area contributed by atoms with Gasteiger partial charge in [0.2, 0.25) is 0 Å². The fourth-order valence-electron chi connectivity index (χ4n) is 1.16. The topological polar surface area (TPSA) is 30.5 Å². The third-order valence-corrected chi connectivity index (χ3v) is 1.68. The summed E-state index contributed by atoms with van der Waals surface area (Å²) in [5.41, 5.74) is 0. The maximum Gasteiger partial charge on any atom is 0.172 e. The Balaban J connectivity index is 3.94. The van der Waals surface area contributed by atoms with Crippen molar-refractivity contribution in [3.05, 3.63) is 12.7 Å². The average molecular weight is 173 g/mol. The van der Waals surface area contributed by atoms with Gasteiger partial charge in [0.1, 0.15) is 0 Å². The van der Waals surface area contributed by atoms with Gasteiger partial charge in [-0.15, -0.1) is 6.58 Å². The molecule has 1 atom stereocenters. The second kappa shape index (κ2) is 7.28. The Labute approximate surface area is 74.7 Å². The van der Waals surface area contributed by atoms with Gasteiger partial charge in [0.05, 0.1) is 6.04 Å². The highest BCUT2D eigenvalue weighted by molar-refractivity contribution is 4.80. The minimum atomic E-state index is -0.192. The molecular formula is C9H19NO2. The Morgan fingerprint density at radius 2 is 2.00 bits per heavy atom. The van der Waals surface area contributed by atoms with E-state index in [1.165, 1.54) is 0 Å². The van der Waals surface area contributed by atoms with E-state index in [0.717, 1.165) is 13.0 Å². The van der Waals surface area contributed by atoms with Crippen LogP contribution in [0, 0.1) is 0 Å². The Hall–Kier alpha value is -0.380. The largest absolute Gasteiger partial charge is 0.354 e. The van der Waals surface area contributed by atoms with Crippen molar-refractivity contribution in [1.29, 1.82) is 0 Å². The lowest BCUT2D eigenvalue weighted by atomic mass is 10.2. The molecule has 0 rings (SSSR count). The van der Waals surface area contributed by atoms with Gasteiger partial charge in [-0.1, -0.05) is 13.0 Å². The predicted octanol–water partition coefficient (Wildman–Crippen LogP) is 1.16. The van der Waals surface area contributed by atoms with E-state index in [-0.39, 0.29) is 12.3 Å². The summed E-state index contributed by atoms with van der Waals surface area (Å²) in [5, 5.41) is 3.26. The lowest BCUT2D eigenvalue weighted by Gasteiger charge is -2.24. The summed E-state index contributed by atoms with van der Waals surface area (Å²) in [6.07, 6.45) is 2.52. The quantitative estimate of drug-likeness (QED) is 0.463. The molecule has 72 valence electrons.